The van der Waals surface area contributed by atoms with Crippen molar-refractivity contribution < 1.29 is 18.9 Å². The Morgan fingerprint density at radius 3 is 1.35 bits per heavy atom. The Morgan fingerprint density at radius 2 is 1.04 bits per heavy atom. The second kappa shape index (κ2) is 15.7. The first-order valence-corrected chi connectivity index (χ1v) is 12.5. The number of nitrogens with one attached hydrogen (secondary N) is 1. The average molecular weight is 366 g/mol. The molecule has 0 radical (unpaired) electrons. The van der Waals surface area contributed by atoms with Crippen LogP contribution in [-0.4, -0.2) is 73.1 Å². The second-order valence-corrected chi connectivity index (χ2v) is 11.6. The molecule has 0 aromatic heterocycles. The summed E-state index contributed by atoms with van der Waals surface area (Å²) >= 11 is 0. The van der Waals surface area contributed by atoms with Gasteiger partial charge in [-0.15, -0.1) is 0 Å². The van der Waals surface area contributed by atoms with Gasteiger partial charge in [0.15, 0.2) is 12.6 Å². The summed E-state index contributed by atoms with van der Waals surface area (Å²) in [5.41, 5.74) is 1.68. The van der Waals surface area contributed by atoms with Crippen molar-refractivity contribution in [1.82, 2.24) is 5.32 Å². The Balaban J connectivity index is 3.53. The summed E-state index contributed by atoms with van der Waals surface area (Å²) < 4.78 is 21.0. The van der Waals surface area contributed by atoms with Crippen molar-refractivity contribution in [2.24, 2.45) is 0 Å². The first-order valence-electron chi connectivity index (χ1n) is 8.89. The van der Waals surface area contributed by atoms with Gasteiger partial charge in [-0.3, -0.25) is 0 Å². The lowest BCUT2D eigenvalue weighted by atomic mass is 10.3. The van der Waals surface area contributed by atoms with Crippen LogP contribution in [0.15, 0.2) is 0 Å². The minimum Gasteiger partial charge on any atom is -0.356 e. The topological polar surface area (TPSA) is 49.0 Å². The van der Waals surface area contributed by atoms with E-state index in [4.69, 9.17) is 18.9 Å². The van der Waals surface area contributed by atoms with E-state index in [2.05, 4.69) is 19.2 Å². The number of hydrogen-bond acceptors (Lipinski definition) is 5. The predicted molar refractivity (Wildman–Crippen MR) is 103 cm³/mol. The van der Waals surface area contributed by atoms with Crippen LogP contribution in [0.2, 0.25) is 23.2 Å². The van der Waals surface area contributed by atoms with E-state index in [1.54, 1.807) is 28.4 Å². The fourth-order valence-electron chi connectivity index (χ4n) is 2.62. The van der Waals surface area contributed by atoms with Gasteiger partial charge in [-0.25, -0.2) is 0 Å². The molecule has 0 aliphatic heterocycles. The van der Waals surface area contributed by atoms with Crippen LogP contribution in [0.4, 0.5) is 0 Å². The lowest BCUT2D eigenvalue weighted by Gasteiger charge is -2.17. The molecule has 0 bridgehead atoms. The SMILES string of the molecule is COC(C[SiH2]C(C)CCNCCC(C)[SiH2]CC(OC)OC)OC. The van der Waals surface area contributed by atoms with Crippen LogP contribution >= 0.6 is 0 Å². The van der Waals surface area contributed by atoms with E-state index >= 15 is 0 Å². The molecule has 0 aliphatic rings. The van der Waals surface area contributed by atoms with Crippen LogP contribution in [0, 0.1) is 0 Å². The van der Waals surface area contributed by atoms with E-state index in [0.717, 1.165) is 36.3 Å². The maximum Gasteiger partial charge on any atom is 0.153 e. The highest BCUT2D eigenvalue weighted by Crippen LogP contribution is 2.13. The number of methoxy groups -OCH3 is 4. The molecule has 0 amide bonds. The standard InChI is InChI=1S/C16H39NO4Si2/c1-13(22-11-15(18-3)19-4)7-9-17-10-8-14(2)23-12-16(20-5)21-6/h13-17H,7-12,22-23H2,1-6H3. The molecular weight excluding hydrogens is 326 g/mol. The van der Waals surface area contributed by atoms with Crippen molar-refractivity contribution in [3.05, 3.63) is 0 Å². The smallest absolute Gasteiger partial charge is 0.153 e. The van der Waals surface area contributed by atoms with Gasteiger partial charge in [-0.1, -0.05) is 24.9 Å². The molecule has 2 atom stereocenters. The summed E-state index contributed by atoms with van der Waals surface area (Å²) in [4.78, 5) is 0. The molecule has 7 heteroatoms. The van der Waals surface area contributed by atoms with Gasteiger partial charge in [0.1, 0.15) is 0 Å². The summed E-state index contributed by atoms with van der Waals surface area (Å²) in [5, 5.41) is 3.60. The van der Waals surface area contributed by atoms with Gasteiger partial charge in [-0.2, -0.15) is 0 Å². The van der Waals surface area contributed by atoms with Gasteiger partial charge in [0.05, 0.1) is 0 Å². The molecule has 0 aliphatic carbocycles. The van der Waals surface area contributed by atoms with Crippen LogP contribution in [-0.2, 0) is 18.9 Å². The normalized spacial score (nSPS) is 15.7. The fourth-order valence-corrected chi connectivity index (χ4v) is 6.23. The molecule has 0 aromatic carbocycles. The first kappa shape index (κ1) is 23.2. The summed E-state index contributed by atoms with van der Waals surface area (Å²) in [6, 6.07) is 2.22. The van der Waals surface area contributed by atoms with Gasteiger partial charge in [-0.05, 0) is 38.0 Å². The highest BCUT2D eigenvalue weighted by Gasteiger charge is 2.11. The zero-order valence-corrected chi connectivity index (χ0v) is 18.9. The van der Waals surface area contributed by atoms with E-state index in [1.165, 1.54) is 12.8 Å². The molecule has 0 aromatic rings. The summed E-state index contributed by atoms with van der Waals surface area (Å²) in [6.07, 6.45) is 2.55. The van der Waals surface area contributed by atoms with Crippen molar-refractivity contribution in [2.45, 2.75) is 62.4 Å². The third-order valence-electron chi connectivity index (χ3n) is 4.47. The highest BCUT2D eigenvalue weighted by atomic mass is 28.2. The maximum absolute atomic E-state index is 5.26. The fraction of sp³-hybridized carbons (Fsp3) is 1.00. The van der Waals surface area contributed by atoms with Gasteiger partial charge in [0.25, 0.3) is 0 Å². The van der Waals surface area contributed by atoms with Gasteiger partial charge >= 0.3 is 0 Å². The van der Waals surface area contributed by atoms with E-state index in [0.29, 0.717) is 0 Å². The largest absolute Gasteiger partial charge is 0.356 e. The molecule has 0 saturated carbocycles. The molecule has 1 N–H and O–H groups in total. The van der Waals surface area contributed by atoms with Crippen LogP contribution in [0.25, 0.3) is 0 Å². The number of hydrogen-bond donors (Lipinski definition) is 1. The van der Waals surface area contributed by atoms with E-state index in [-0.39, 0.29) is 31.6 Å². The van der Waals surface area contributed by atoms with Gasteiger partial charge in [0.2, 0.25) is 0 Å². The molecule has 0 rings (SSSR count). The van der Waals surface area contributed by atoms with Crippen LogP contribution < -0.4 is 5.32 Å². The quantitative estimate of drug-likeness (QED) is 0.254. The van der Waals surface area contributed by atoms with Crippen molar-refractivity contribution in [3.63, 3.8) is 0 Å². The molecule has 23 heavy (non-hydrogen) atoms. The summed E-state index contributed by atoms with van der Waals surface area (Å²) in [5.74, 6) is 0. The minimum absolute atomic E-state index is 0.00547. The maximum atomic E-state index is 5.26. The van der Waals surface area contributed by atoms with Crippen molar-refractivity contribution >= 4 is 19.0 Å². The van der Waals surface area contributed by atoms with Crippen LogP contribution in [0.3, 0.4) is 0 Å². The third-order valence-corrected chi connectivity index (χ3v) is 8.87. The van der Waals surface area contributed by atoms with Crippen LogP contribution in [0.5, 0.6) is 0 Å². The lowest BCUT2D eigenvalue weighted by molar-refractivity contribution is -0.0878. The molecule has 0 heterocycles. The lowest BCUT2D eigenvalue weighted by Crippen LogP contribution is -2.23. The zero-order valence-electron chi connectivity index (χ0n) is 16.1. The summed E-state index contributed by atoms with van der Waals surface area (Å²) in [7, 11) is 6.66. The minimum atomic E-state index is -0.117. The molecule has 0 fully saturated rings. The van der Waals surface area contributed by atoms with Crippen LogP contribution in [0.1, 0.15) is 26.7 Å². The molecule has 0 spiro atoms. The van der Waals surface area contributed by atoms with Crippen molar-refractivity contribution in [3.8, 4) is 0 Å². The Labute approximate surface area is 147 Å². The Hall–Kier alpha value is 0.234. The molecule has 140 valence electrons. The molecule has 2 unspecified atom stereocenters. The zero-order chi connectivity index (χ0) is 17.5. The van der Waals surface area contributed by atoms with Gasteiger partial charge < -0.3 is 24.3 Å². The van der Waals surface area contributed by atoms with Gasteiger partial charge in [0, 0.05) is 47.5 Å². The number of ether oxygens (including phenoxy) is 4. The summed E-state index contributed by atoms with van der Waals surface area (Å²) in [6.45, 7) is 6.99. The number of rotatable bonds is 16. The van der Waals surface area contributed by atoms with Crippen molar-refractivity contribution in [1.29, 1.82) is 0 Å². The monoisotopic (exact) mass is 365 g/mol. The molecule has 5 nitrogen and oxygen atoms in total. The van der Waals surface area contributed by atoms with E-state index in [1.807, 2.05) is 0 Å². The third kappa shape index (κ3) is 13.2. The predicted octanol–water partition coefficient (Wildman–Crippen LogP) is 1.38. The Morgan fingerprint density at radius 1 is 0.696 bits per heavy atom. The average Bonchev–Trinajstić information content (AvgIpc) is 2.56. The van der Waals surface area contributed by atoms with E-state index in [9.17, 15) is 0 Å². The molecule has 0 saturated heterocycles. The molecular formula is C16H39NO4Si2. The Bertz CT molecular complexity index is 230. The van der Waals surface area contributed by atoms with Crippen molar-refractivity contribution in [2.75, 3.05) is 41.5 Å². The Kier molecular flexibility index (Phi) is 15.9. The highest BCUT2D eigenvalue weighted by molar-refractivity contribution is 6.37. The first-order chi connectivity index (χ1) is 11.1. The second-order valence-electron chi connectivity index (χ2n) is 6.49. The van der Waals surface area contributed by atoms with E-state index < -0.39 is 0 Å².